The zero-order valence-electron chi connectivity index (χ0n) is 5.31. The fourth-order valence-electron chi connectivity index (χ4n) is 1.87. The number of hydrogen-bond acceptors (Lipinski definition) is 1. The van der Waals surface area contributed by atoms with Crippen molar-refractivity contribution >= 4 is 0 Å². The Morgan fingerprint density at radius 1 is 1.75 bits per heavy atom. The van der Waals surface area contributed by atoms with E-state index < -0.39 is 0 Å². The van der Waals surface area contributed by atoms with E-state index in [4.69, 9.17) is 4.74 Å². The highest BCUT2D eigenvalue weighted by Crippen LogP contribution is 2.51. The highest BCUT2D eigenvalue weighted by molar-refractivity contribution is 5.06. The van der Waals surface area contributed by atoms with E-state index in [0.29, 0.717) is 11.7 Å². The molecule has 0 amide bonds. The molecule has 0 radical (unpaired) electrons. The molecule has 1 saturated carbocycles. The normalized spacial score (nSPS) is 51.4. The summed E-state index contributed by atoms with van der Waals surface area (Å²) in [6, 6.07) is 0. The fraction of sp³-hybridized carbons (Fsp3) is 1.00. The van der Waals surface area contributed by atoms with Crippen LogP contribution in [0.4, 0.5) is 0 Å². The van der Waals surface area contributed by atoms with E-state index in [2.05, 4.69) is 6.92 Å². The summed E-state index contributed by atoms with van der Waals surface area (Å²) in [4.78, 5) is 0. The zero-order valence-corrected chi connectivity index (χ0v) is 5.31. The monoisotopic (exact) mass is 112 g/mol. The summed E-state index contributed by atoms with van der Waals surface area (Å²) in [5, 5.41) is 0. The van der Waals surface area contributed by atoms with Gasteiger partial charge < -0.3 is 4.74 Å². The van der Waals surface area contributed by atoms with Gasteiger partial charge in [0.05, 0.1) is 11.7 Å². The van der Waals surface area contributed by atoms with E-state index in [9.17, 15) is 0 Å². The van der Waals surface area contributed by atoms with Crippen LogP contribution in [0.1, 0.15) is 32.6 Å². The Kier molecular flexibility index (Phi) is 0.762. The molecule has 1 aliphatic heterocycles. The van der Waals surface area contributed by atoms with Crippen LogP contribution in [0.3, 0.4) is 0 Å². The summed E-state index contributed by atoms with van der Waals surface area (Å²) < 4.78 is 5.49. The molecule has 0 aromatic rings. The third-order valence-corrected chi connectivity index (χ3v) is 2.57. The maximum absolute atomic E-state index is 5.49. The topological polar surface area (TPSA) is 12.5 Å². The van der Waals surface area contributed by atoms with Gasteiger partial charge in [0, 0.05) is 0 Å². The molecule has 2 unspecified atom stereocenters. The lowest BCUT2D eigenvalue weighted by Gasteiger charge is -2.00. The maximum Gasteiger partial charge on any atom is 0.0945 e. The second-order valence-electron chi connectivity index (χ2n) is 2.92. The van der Waals surface area contributed by atoms with Crippen molar-refractivity contribution in [3.63, 3.8) is 0 Å². The van der Waals surface area contributed by atoms with Crippen molar-refractivity contribution in [1.82, 2.24) is 0 Å². The Hall–Kier alpha value is -0.0400. The van der Waals surface area contributed by atoms with Gasteiger partial charge in [-0.3, -0.25) is 0 Å². The van der Waals surface area contributed by atoms with E-state index in [1.807, 2.05) is 0 Å². The minimum atomic E-state index is 0.403. The van der Waals surface area contributed by atoms with Crippen LogP contribution in [0.25, 0.3) is 0 Å². The summed E-state index contributed by atoms with van der Waals surface area (Å²) in [7, 11) is 0. The molecule has 0 N–H and O–H groups in total. The SMILES string of the molecule is CCC12CCCC1O2. The molecule has 1 heteroatoms. The molecule has 1 aliphatic carbocycles. The molecule has 0 spiro atoms. The largest absolute Gasteiger partial charge is 0.366 e. The Balaban J connectivity index is 2.08. The molecule has 2 atom stereocenters. The van der Waals surface area contributed by atoms with Crippen LogP contribution in [0.2, 0.25) is 0 Å². The molecule has 1 saturated heterocycles. The van der Waals surface area contributed by atoms with Gasteiger partial charge in [-0.05, 0) is 25.7 Å². The molecule has 1 heterocycles. The first-order valence-corrected chi connectivity index (χ1v) is 3.55. The third kappa shape index (κ3) is 0.408. The van der Waals surface area contributed by atoms with Crippen LogP contribution < -0.4 is 0 Å². The van der Waals surface area contributed by atoms with Crippen molar-refractivity contribution in [1.29, 1.82) is 0 Å². The highest BCUT2D eigenvalue weighted by Gasteiger charge is 2.57. The minimum absolute atomic E-state index is 0.403. The molecule has 46 valence electrons. The van der Waals surface area contributed by atoms with E-state index >= 15 is 0 Å². The lowest BCUT2D eigenvalue weighted by molar-refractivity contribution is 0.246. The third-order valence-electron chi connectivity index (χ3n) is 2.57. The van der Waals surface area contributed by atoms with Gasteiger partial charge in [0.1, 0.15) is 0 Å². The summed E-state index contributed by atoms with van der Waals surface area (Å²) in [5.41, 5.74) is 0.403. The molecule has 2 rings (SSSR count). The second kappa shape index (κ2) is 1.27. The van der Waals surface area contributed by atoms with Gasteiger partial charge in [0.25, 0.3) is 0 Å². The van der Waals surface area contributed by atoms with Crippen molar-refractivity contribution in [2.75, 3.05) is 0 Å². The van der Waals surface area contributed by atoms with Crippen molar-refractivity contribution in [2.45, 2.75) is 44.3 Å². The predicted molar refractivity (Wildman–Crippen MR) is 31.7 cm³/mol. The molecule has 2 fully saturated rings. The standard InChI is InChI=1S/C7H12O/c1-2-7-5-3-4-6(7)8-7/h6H,2-5H2,1H3. The van der Waals surface area contributed by atoms with Gasteiger partial charge in [-0.1, -0.05) is 6.92 Å². The van der Waals surface area contributed by atoms with Gasteiger partial charge in [0.2, 0.25) is 0 Å². The van der Waals surface area contributed by atoms with E-state index in [0.717, 1.165) is 0 Å². The smallest absolute Gasteiger partial charge is 0.0945 e. The van der Waals surface area contributed by atoms with Crippen LogP contribution in [0, 0.1) is 0 Å². The van der Waals surface area contributed by atoms with Crippen molar-refractivity contribution in [3.05, 3.63) is 0 Å². The average molecular weight is 112 g/mol. The fourth-order valence-corrected chi connectivity index (χ4v) is 1.87. The zero-order chi connectivity index (χ0) is 5.61. The summed E-state index contributed by atoms with van der Waals surface area (Å²) >= 11 is 0. The molecule has 0 aromatic heterocycles. The van der Waals surface area contributed by atoms with Crippen LogP contribution in [-0.4, -0.2) is 11.7 Å². The van der Waals surface area contributed by atoms with Crippen LogP contribution in [0.5, 0.6) is 0 Å². The molecule has 8 heavy (non-hydrogen) atoms. The predicted octanol–water partition coefficient (Wildman–Crippen LogP) is 1.72. The van der Waals surface area contributed by atoms with Crippen molar-refractivity contribution in [2.24, 2.45) is 0 Å². The van der Waals surface area contributed by atoms with Gasteiger partial charge in [-0.25, -0.2) is 0 Å². The van der Waals surface area contributed by atoms with E-state index in [-0.39, 0.29) is 0 Å². The molecular weight excluding hydrogens is 100 g/mol. The van der Waals surface area contributed by atoms with Crippen LogP contribution >= 0.6 is 0 Å². The van der Waals surface area contributed by atoms with Gasteiger partial charge in [-0.15, -0.1) is 0 Å². The van der Waals surface area contributed by atoms with E-state index in [1.54, 1.807) is 0 Å². The molecule has 1 nitrogen and oxygen atoms in total. The van der Waals surface area contributed by atoms with Crippen LogP contribution in [0.15, 0.2) is 0 Å². The summed E-state index contributed by atoms with van der Waals surface area (Å²) in [6.45, 7) is 2.23. The first kappa shape index (κ1) is 4.80. The highest BCUT2D eigenvalue weighted by atomic mass is 16.6. The summed E-state index contributed by atoms with van der Waals surface area (Å²) in [6.07, 6.45) is 5.96. The van der Waals surface area contributed by atoms with Gasteiger partial charge >= 0.3 is 0 Å². The maximum atomic E-state index is 5.49. The second-order valence-corrected chi connectivity index (χ2v) is 2.92. The number of ether oxygens (including phenoxy) is 1. The quantitative estimate of drug-likeness (QED) is 0.470. The lowest BCUT2D eigenvalue weighted by atomic mass is 10.1. The number of hydrogen-bond donors (Lipinski definition) is 0. The van der Waals surface area contributed by atoms with Gasteiger partial charge in [0.15, 0.2) is 0 Å². The van der Waals surface area contributed by atoms with E-state index in [1.165, 1.54) is 25.7 Å². The minimum Gasteiger partial charge on any atom is -0.366 e. The van der Waals surface area contributed by atoms with Crippen molar-refractivity contribution in [3.8, 4) is 0 Å². The summed E-state index contributed by atoms with van der Waals surface area (Å²) in [5.74, 6) is 0. The Bertz CT molecular complexity index is 107. The average Bonchev–Trinajstić information content (AvgIpc) is 2.38. The van der Waals surface area contributed by atoms with Crippen molar-refractivity contribution < 1.29 is 4.74 Å². The Morgan fingerprint density at radius 2 is 2.62 bits per heavy atom. The number of epoxide rings is 1. The first-order chi connectivity index (χ1) is 3.87. The molecule has 0 aromatic carbocycles. The lowest BCUT2D eigenvalue weighted by Crippen LogP contribution is -2.05. The number of rotatable bonds is 1. The molecular formula is C7H12O. The first-order valence-electron chi connectivity index (χ1n) is 3.55. The Labute approximate surface area is 50.0 Å². The van der Waals surface area contributed by atoms with Crippen LogP contribution in [-0.2, 0) is 4.74 Å². The molecule has 0 bridgehead atoms. The Morgan fingerprint density at radius 3 is 2.88 bits per heavy atom. The number of fused-ring (bicyclic) bond motifs is 1. The van der Waals surface area contributed by atoms with Gasteiger partial charge in [-0.2, -0.15) is 0 Å². The molecule has 2 aliphatic rings.